The lowest BCUT2D eigenvalue weighted by Crippen LogP contribution is -2.15. The van der Waals surface area contributed by atoms with E-state index in [4.69, 9.17) is 34.8 Å². The van der Waals surface area contributed by atoms with Crippen LogP contribution in [-0.4, -0.2) is 0 Å². The van der Waals surface area contributed by atoms with Gasteiger partial charge in [-0.25, -0.2) is 0 Å². The first-order chi connectivity index (χ1) is 9.13. The van der Waals surface area contributed by atoms with Crippen LogP contribution >= 0.6 is 46.1 Å². The lowest BCUT2D eigenvalue weighted by molar-refractivity contribution is 0.609. The van der Waals surface area contributed by atoms with Gasteiger partial charge < -0.3 is 5.32 Å². The Morgan fingerprint density at radius 3 is 2.79 bits per heavy atom. The number of halogens is 3. The van der Waals surface area contributed by atoms with Crippen molar-refractivity contribution in [3.05, 3.63) is 49.1 Å². The minimum absolute atomic E-state index is 0.283. The molecule has 0 saturated carbocycles. The Hall–Kier alpha value is -0.410. The molecule has 1 aliphatic rings. The first-order valence-corrected chi connectivity index (χ1v) is 8.08. The smallest absolute Gasteiger partial charge is 0.0934 e. The molecule has 1 unspecified atom stereocenters. The van der Waals surface area contributed by atoms with Crippen LogP contribution in [0.3, 0.4) is 0 Å². The maximum absolute atomic E-state index is 6.21. The Labute approximate surface area is 131 Å². The number of rotatable bonds is 2. The van der Waals surface area contributed by atoms with Crippen LogP contribution in [0, 0.1) is 0 Å². The van der Waals surface area contributed by atoms with E-state index in [0.29, 0.717) is 10.0 Å². The van der Waals surface area contributed by atoms with E-state index in [-0.39, 0.29) is 6.04 Å². The Morgan fingerprint density at radius 1 is 1.16 bits per heavy atom. The first-order valence-electron chi connectivity index (χ1n) is 6.13. The molecule has 100 valence electrons. The van der Waals surface area contributed by atoms with Crippen LogP contribution in [0.4, 0.5) is 5.69 Å². The number of thiophene rings is 1. The molecule has 0 fully saturated rings. The number of hydrogen-bond donors (Lipinski definition) is 1. The van der Waals surface area contributed by atoms with Crippen LogP contribution in [0.15, 0.2) is 24.3 Å². The normalized spacial score (nSPS) is 18.2. The average molecular weight is 333 g/mol. The second kappa shape index (κ2) is 5.53. The predicted octanol–water partition coefficient (Wildman–Crippen LogP) is 6.20. The summed E-state index contributed by atoms with van der Waals surface area (Å²) in [4.78, 5) is 1.39. The lowest BCUT2D eigenvalue weighted by atomic mass is 9.94. The molecule has 1 aliphatic carbocycles. The third-order valence-corrected chi connectivity index (χ3v) is 5.23. The molecule has 3 rings (SSSR count). The van der Waals surface area contributed by atoms with Gasteiger partial charge in [0.1, 0.15) is 0 Å². The fourth-order valence-corrected chi connectivity index (χ4v) is 4.31. The van der Waals surface area contributed by atoms with E-state index in [9.17, 15) is 0 Å². The van der Waals surface area contributed by atoms with Gasteiger partial charge in [0, 0.05) is 9.90 Å². The highest BCUT2D eigenvalue weighted by atomic mass is 35.5. The summed E-state index contributed by atoms with van der Waals surface area (Å²) in [7, 11) is 0. The van der Waals surface area contributed by atoms with E-state index in [1.54, 1.807) is 17.4 Å². The molecule has 0 spiro atoms. The summed E-state index contributed by atoms with van der Waals surface area (Å²) >= 11 is 19.9. The van der Waals surface area contributed by atoms with E-state index in [2.05, 4.69) is 11.4 Å². The largest absolute Gasteiger partial charge is 0.377 e. The van der Waals surface area contributed by atoms with Crippen molar-refractivity contribution in [2.75, 3.05) is 5.32 Å². The SMILES string of the molecule is Clc1ccc(NC2CCCc3sc(Cl)cc32)c(Cl)c1. The van der Waals surface area contributed by atoms with Crippen LogP contribution in [-0.2, 0) is 6.42 Å². The molecule has 0 radical (unpaired) electrons. The number of fused-ring (bicyclic) bond motifs is 1. The molecular formula is C14H12Cl3NS. The van der Waals surface area contributed by atoms with E-state index >= 15 is 0 Å². The van der Waals surface area contributed by atoms with Gasteiger partial charge in [0.2, 0.25) is 0 Å². The zero-order valence-corrected chi connectivity index (χ0v) is 13.1. The van der Waals surface area contributed by atoms with E-state index in [1.165, 1.54) is 16.9 Å². The van der Waals surface area contributed by atoms with Gasteiger partial charge in [-0.1, -0.05) is 34.8 Å². The number of aryl methyl sites for hydroxylation is 1. The molecule has 1 N–H and O–H groups in total. The third kappa shape index (κ3) is 2.87. The molecule has 19 heavy (non-hydrogen) atoms. The summed E-state index contributed by atoms with van der Waals surface area (Å²) < 4.78 is 0.862. The van der Waals surface area contributed by atoms with Crippen molar-refractivity contribution < 1.29 is 0 Å². The third-order valence-electron chi connectivity index (χ3n) is 3.34. The van der Waals surface area contributed by atoms with Gasteiger partial charge in [-0.3, -0.25) is 0 Å². The second-order valence-corrected chi connectivity index (χ2v) is 7.25. The second-order valence-electron chi connectivity index (χ2n) is 4.64. The van der Waals surface area contributed by atoms with Gasteiger partial charge in [-0.15, -0.1) is 11.3 Å². The number of nitrogens with one attached hydrogen (secondary N) is 1. The summed E-state index contributed by atoms with van der Waals surface area (Å²) in [5, 5.41) is 4.81. The number of anilines is 1. The van der Waals surface area contributed by atoms with Crippen molar-refractivity contribution in [1.82, 2.24) is 0 Å². The maximum Gasteiger partial charge on any atom is 0.0934 e. The van der Waals surface area contributed by atoms with Gasteiger partial charge in [0.15, 0.2) is 0 Å². The summed E-state index contributed by atoms with van der Waals surface area (Å²) in [5.74, 6) is 0. The van der Waals surface area contributed by atoms with Crippen molar-refractivity contribution in [2.24, 2.45) is 0 Å². The minimum atomic E-state index is 0.283. The predicted molar refractivity (Wildman–Crippen MR) is 85.1 cm³/mol. The van der Waals surface area contributed by atoms with Crippen LogP contribution in [0.2, 0.25) is 14.4 Å². The molecule has 1 aromatic heterocycles. The minimum Gasteiger partial charge on any atom is -0.377 e. The zero-order valence-electron chi connectivity index (χ0n) is 10.1. The number of benzene rings is 1. The molecular weight excluding hydrogens is 321 g/mol. The van der Waals surface area contributed by atoms with Crippen molar-refractivity contribution in [2.45, 2.75) is 25.3 Å². The Morgan fingerprint density at radius 2 is 2.00 bits per heavy atom. The van der Waals surface area contributed by atoms with Crippen molar-refractivity contribution in [3.63, 3.8) is 0 Å². The molecule has 1 nitrogen and oxygen atoms in total. The van der Waals surface area contributed by atoms with Crippen molar-refractivity contribution >= 4 is 51.8 Å². The van der Waals surface area contributed by atoms with Gasteiger partial charge in [0.25, 0.3) is 0 Å². The quantitative estimate of drug-likeness (QED) is 0.690. The summed E-state index contributed by atoms with van der Waals surface area (Å²) in [6.07, 6.45) is 3.39. The molecule has 0 aliphatic heterocycles. The Kier molecular flexibility index (Phi) is 3.95. The van der Waals surface area contributed by atoms with Gasteiger partial charge >= 0.3 is 0 Å². The van der Waals surface area contributed by atoms with Crippen LogP contribution < -0.4 is 5.32 Å². The average Bonchev–Trinajstić information content (AvgIpc) is 2.74. The first kappa shape index (κ1) is 13.6. The lowest BCUT2D eigenvalue weighted by Gasteiger charge is -2.25. The topological polar surface area (TPSA) is 12.0 Å². The Bertz CT molecular complexity index is 609. The highest BCUT2D eigenvalue weighted by Crippen LogP contribution is 2.40. The molecule has 2 aromatic rings. The van der Waals surface area contributed by atoms with Crippen molar-refractivity contribution in [1.29, 1.82) is 0 Å². The van der Waals surface area contributed by atoms with Crippen LogP contribution in [0.25, 0.3) is 0 Å². The van der Waals surface area contributed by atoms with Gasteiger partial charge in [-0.2, -0.15) is 0 Å². The standard InChI is InChI=1S/C14H12Cl3NS/c15-8-4-5-12(10(16)6-8)18-11-2-1-3-13-9(11)7-14(17)19-13/h4-7,11,18H,1-3H2. The molecule has 5 heteroatoms. The van der Waals surface area contributed by atoms with Crippen LogP contribution in [0.5, 0.6) is 0 Å². The van der Waals surface area contributed by atoms with Crippen molar-refractivity contribution in [3.8, 4) is 0 Å². The Balaban J connectivity index is 1.88. The molecule has 1 atom stereocenters. The summed E-state index contributed by atoms with van der Waals surface area (Å²) in [5.41, 5.74) is 2.23. The van der Waals surface area contributed by atoms with E-state index in [1.807, 2.05) is 12.1 Å². The summed E-state index contributed by atoms with van der Waals surface area (Å²) in [6.45, 7) is 0. The highest BCUT2D eigenvalue weighted by molar-refractivity contribution is 7.16. The zero-order chi connectivity index (χ0) is 13.4. The fourth-order valence-electron chi connectivity index (χ4n) is 2.47. The highest BCUT2D eigenvalue weighted by Gasteiger charge is 2.23. The van der Waals surface area contributed by atoms with E-state index < -0.39 is 0 Å². The van der Waals surface area contributed by atoms with Crippen LogP contribution in [0.1, 0.15) is 29.3 Å². The number of hydrogen-bond acceptors (Lipinski definition) is 2. The molecule has 0 bridgehead atoms. The van der Waals surface area contributed by atoms with Gasteiger partial charge in [-0.05, 0) is 49.1 Å². The molecule has 0 amide bonds. The fraction of sp³-hybridized carbons (Fsp3) is 0.286. The van der Waals surface area contributed by atoms with Gasteiger partial charge in [0.05, 0.1) is 21.1 Å². The summed E-state index contributed by atoms with van der Waals surface area (Å²) in [6, 6.07) is 7.89. The monoisotopic (exact) mass is 331 g/mol. The molecule has 1 heterocycles. The maximum atomic E-state index is 6.21. The van der Waals surface area contributed by atoms with E-state index in [0.717, 1.165) is 22.9 Å². The molecule has 1 aromatic carbocycles. The molecule has 0 saturated heterocycles.